The number of hydrogen-bond donors (Lipinski definition) is 2. The molecule has 0 aromatic heterocycles. The summed E-state index contributed by atoms with van der Waals surface area (Å²) in [5, 5.41) is 7.22. The van der Waals surface area contributed by atoms with E-state index in [4.69, 9.17) is 9.47 Å². The summed E-state index contributed by atoms with van der Waals surface area (Å²) in [5.74, 6) is -0.249. The third-order valence-electron chi connectivity index (χ3n) is 6.02. The van der Waals surface area contributed by atoms with E-state index in [0.717, 1.165) is 32.1 Å². The van der Waals surface area contributed by atoms with Gasteiger partial charge in [0, 0.05) is 56.4 Å². The Morgan fingerprint density at radius 1 is 0.806 bits per heavy atom. The third-order valence-corrected chi connectivity index (χ3v) is 7.24. The molecule has 0 amide bonds. The zero-order valence-electron chi connectivity index (χ0n) is 21.1. The normalized spacial score (nSPS) is 26.5. The van der Waals surface area contributed by atoms with Crippen molar-refractivity contribution in [1.29, 1.82) is 0 Å². The van der Waals surface area contributed by atoms with Gasteiger partial charge < -0.3 is 20.1 Å². The average Bonchev–Trinajstić information content (AvgIpc) is 2.47. The van der Waals surface area contributed by atoms with Crippen LogP contribution in [0.15, 0.2) is 0 Å². The summed E-state index contributed by atoms with van der Waals surface area (Å²) in [6, 6.07) is 0. The van der Waals surface area contributed by atoms with Crippen LogP contribution in [-0.2, 0) is 14.3 Å². The molecule has 2 unspecified atom stereocenters. The van der Waals surface area contributed by atoms with Crippen molar-refractivity contribution in [3.8, 4) is 0 Å². The highest BCUT2D eigenvalue weighted by molar-refractivity contribution is 7.58. The predicted molar refractivity (Wildman–Crippen MR) is 128 cm³/mol. The van der Waals surface area contributed by atoms with Gasteiger partial charge in [0.1, 0.15) is 12.2 Å². The molecule has 0 aromatic rings. The molecule has 0 aromatic carbocycles. The van der Waals surface area contributed by atoms with Crippen LogP contribution in [0.25, 0.3) is 0 Å². The van der Waals surface area contributed by atoms with Crippen LogP contribution in [0.1, 0.15) is 101 Å². The Bertz CT molecular complexity index is 628. The molecule has 0 spiro atoms. The first-order valence-corrected chi connectivity index (χ1v) is 12.9. The number of carbonyl (C=O) groups excluding carboxylic acids is 2. The van der Waals surface area contributed by atoms with Crippen LogP contribution in [0, 0.1) is 0 Å². The predicted octanol–water partition coefficient (Wildman–Crippen LogP) is 5.13. The van der Waals surface area contributed by atoms with Crippen molar-refractivity contribution in [2.45, 2.75) is 141 Å². The lowest BCUT2D eigenvalue weighted by Gasteiger charge is -2.46. The second-order valence-electron chi connectivity index (χ2n) is 12.2. The Labute approximate surface area is 191 Å². The van der Waals surface area contributed by atoms with E-state index < -0.39 is 5.66 Å². The first-order chi connectivity index (χ1) is 14.0. The first kappa shape index (κ1) is 26.5. The van der Waals surface area contributed by atoms with E-state index in [1.165, 1.54) is 0 Å². The summed E-state index contributed by atoms with van der Waals surface area (Å²) in [6.45, 7) is 19.1. The van der Waals surface area contributed by atoms with E-state index in [9.17, 15) is 9.59 Å². The summed E-state index contributed by atoms with van der Waals surface area (Å²) in [6.07, 6.45) is 4.30. The topological polar surface area (TPSA) is 76.7 Å². The van der Waals surface area contributed by atoms with Gasteiger partial charge in [-0.2, -0.15) is 0 Å². The van der Waals surface area contributed by atoms with Gasteiger partial charge in [-0.05, 0) is 61.8 Å². The molecule has 2 aliphatic heterocycles. The highest BCUT2D eigenvalue weighted by Gasteiger charge is 2.41. The molecule has 2 aliphatic rings. The Kier molecular flexibility index (Phi) is 8.26. The van der Waals surface area contributed by atoms with Crippen molar-refractivity contribution in [1.82, 2.24) is 10.6 Å². The number of ether oxygens (including phenoxy) is 2. The van der Waals surface area contributed by atoms with Crippen LogP contribution in [-0.4, -0.2) is 51.7 Å². The largest absolute Gasteiger partial charge is 0.462 e. The van der Waals surface area contributed by atoms with Gasteiger partial charge in [-0.15, -0.1) is 0 Å². The van der Waals surface area contributed by atoms with E-state index in [0.29, 0.717) is 6.42 Å². The van der Waals surface area contributed by atoms with Gasteiger partial charge >= 0.3 is 11.7 Å². The first-order valence-electron chi connectivity index (χ1n) is 11.8. The minimum atomic E-state index is -0.415. The Hall–Kier alpha value is -0.710. The zero-order valence-corrected chi connectivity index (χ0v) is 22.1. The molecule has 2 fully saturated rings. The molecule has 0 radical (unpaired) electrons. The van der Waals surface area contributed by atoms with E-state index in [-0.39, 0.29) is 54.6 Å². The second-order valence-corrected chi connectivity index (χ2v) is 13.6. The van der Waals surface area contributed by atoms with Crippen LogP contribution >= 0.6 is 8.58 Å². The number of carbonyl (C=O) groups is 2. The van der Waals surface area contributed by atoms with Gasteiger partial charge in [0.05, 0.1) is 5.66 Å². The summed E-state index contributed by atoms with van der Waals surface area (Å²) in [7, 11) is -0.206. The molecule has 2 N–H and O–H groups in total. The van der Waals surface area contributed by atoms with Gasteiger partial charge in [0.25, 0.3) is 0 Å². The molecule has 0 bridgehead atoms. The minimum Gasteiger partial charge on any atom is -0.462 e. The minimum absolute atomic E-state index is 0.0911. The fraction of sp³-hybridized carbons (Fsp3) is 0.917. The number of nitrogens with one attached hydrogen (secondary N) is 2. The lowest BCUT2D eigenvalue weighted by Crippen LogP contribution is -2.60. The summed E-state index contributed by atoms with van der Waals surface area (Å²) in [5.41, 5.74) is -1.05. The van der Waals surface area contributed by atoms with Crippen LogP contribution < -0.4 is 10.6 Å². The van der Waals surface area contributed by atoms with Gasteiger partial charge in [0.15, 0.2) is 0 Å². The molecule has 2 heterocycles. The molecule has 2 rings (SSSR count). The molecule has 0 aliphatic carbocycles. The number of hydrogen-bond acceptors (Lipinski definition) is 6. The Morgan fingerprint density at radius 3 is 1.58 bits per heavy atom. The van der Waals surface area contributed by atoms with Crippen molar-refractivity contribution in [3.05, 3.63) is 0 Å². The summed E-state index contributed by atoms with van der Waals surface area (Å²) in [4.78, 5) is 25.8. The Balaban J connectivity index is 1.97. The van der Waals surface area contributed by atoms with Gasteiger partial charge in [-0.3, -0.25) is 4.79 Å². The van der Waals surface area contributed by atoms with Crippen LogP contribution in [0.4, 0.5) is 4.79 Å². The third kappa shape index (κ3) is 8.63. The van der Waals surface area contributed by atoms with Crippen molar-refractivity contribution in [2.75, 3.05) is 0 Å². The van der Waals surface area contributed by atoms with Gasteiger partial charge in [-0.1, -0.05) is 13.3 Å². The fourth-order valence-electron chi connectivity index (χ4n) is 5.74. The quantitative estimate of drug-likeness (QED) is 0.408. The lowest BCUT2D eigenvalue weighted by atomic mass is 9.81. The van der Waals surface area contributed by atoms with Crippen LogP contribution in [0.2, 0.25) is 0 Å². The molecule has 7 heteroatoms. The molecule has 6 nitrogen and oxygen atoms in total. The maximum Gasteiger partial charge on any atom is 0.324 e. The second kappa shape index (κ2) is 9.65. The summed E-state index contributed by atoms with van der Waals surface area (Å²) < 4.78 is 11.8. The van der Waals surface area contributed by atoms with Gasteiger partial charge in [-0.25, -0.2) is 4.79 Å². The van der Waals surface area contributed by atoms with Crippen molar-refractivity contribution < 1.29 is 19.1 Å². The molecule has 180 valence electrons. The van der Waals surface area contributed by atoms with Crippen LogP contribution in [0.3, 0.4) is 0 Å². The monoisotopic (exact) mass is 456 g/mol. The SMILES string of the molecule is CCCC(PC(=O)OC1CC(C)(C)NC(C)(C)C1)C(=O)OC1CC(C)(C)NC(C)(C)C1. The van der Waals surface area contributed by atoms with E-state index in [1.807, 2.05) is 6.92 Å². The Morgan fingerprint density at radius 2 is 1.19 bits per heavy atom. The number of rotatable bonds is 7. The number of esters is 1. The molecular formula is C24H45N2O4P. The fourth-order valence-corrected chi connectivity index (χ4v) is 6.87. The standard InChI is InChI=1S/C24H45N2O4P/c1-10-11-18(19(27)29-16-12-21(2,3)25-22(4,5)13-16)31-20(28)30-17-14-23(6,7)26-24(8,9)15-17/h16-18,25-26,31H,10-15H2,1-9H3. The molecule has 0 saturated carbocycles. The van der Waals surface area contributed by atoms with E-state index in [2.05, 4.69) is 66.0 Å². The smallest absolute Gasteiger partial charge is 0.324 e. The summed E-state index contributed by atoms with van der Waals surface area (Å²) >= 11 is 0. The van der Waals surface area contributed by atoms with Crippen molar-refractivity contribution in [3.63, 3.8) is 0 Å². The van der Waals surface area contributed by atoms with E-state index in [1.54, 1.807) is 0 Å². The highest BCUT2D eigenvalue weighted by atomic mass is 31.1. The maximum absolute atomic E-state index is 13.0. The molecule has 2 atom stereocenters. The van der Waals surface area contributed by atoms with E-state index >= 15 is 0 Å². The maximum atomic E-state index is 13.0. The van der Waals surface area contributed by atoms with Crippen LogP contribution in [0.5, 0.6) is 0 Å². The highest BCUT2D eigenvalue weighted by Crippen LogP contribution is 2.35. The molecule has 2 saturated heterocycles. The van der Waals surface area contributed by atoms with Gasteiger partial charge in [0.2, 0.25) is 0 Å². The average molecular weight is 457 g/mol. The zero-order chi connectivity index (χ0) is 23.7. The molecule has 31 heavy (non-hydrogen) atoms. The van der Waals surface area contributed by atoms with Crippen molar-refractivity contribution >= 4 is 20.3 Å². The number of piperidine rings is 2. The van der Waals surface area contributed by atoms with Crippen molar-refractivity contribution in [2.24, 2.45) is 0 Å². The molecular weight excluding hydrogens is 411 g/mol. The lowest BCUT2D eigenvalue weighted by molar-refractivity contribution is -0.152.